The Morgan fingerprint density at radius 3 is 2.42 bits per heavy atom. The fourth-order valence-corrected chi connectivity index (χ4v) is 3.13. The number of carbonyl (C=O) groups is 3. The maximum absolute atomic E-state index is 13.5. The predicted molar refractivity (Wildman–Crippen MR) is 111 cm³/mol. The molecule has 2 amide bonds. The number of hydrogen-bond donors (Lipinski definition) is 3. The van der Waals surface area contributed by atoms with Crippen LogP contribution in [0, 0.1) is 5.82 Å². The number of carboxylic acid groups (broad SMARTS) is 1. The van der Waals surface area contributed by atoms with Gasteiger partial charge in [-0.1, -0.05) is 24.3 Å². The van der Waals surface area contributed by atoms with E-state index in [-0.39, 0.29) is 12.8 Å². The lowest BCUT2D eigenvalue weighted by Gasteiger charge is -2.21. The van der Waals surface area contributed by atoms with Crippen molar-refractivity contribution < 1.29 is 23.9 Å². The van der Waals surface area contributed by atoms with E-state index in [0.717, 1.165) is 0 Å². The molecule has 0 aliphatic rings. The Morgan fingerprint density at radius 2 is 1.74 bits per heavy atom. The second-order valence-electron chi connectivity index (χ2n) is 7.04. The number of hydrogen-bond acceptors (Lipinski definition) is 5. The Morgan fingerprint density at radius 1 is 1.00 bits per heavy atom. The summed E-state index contributed by atoms with van der Waals surface area (Å²) in [4.78, 5) is 44.7. The quantitative estimate of drug-likeness (QED) is 0.505. The summed E-state index contributed by atoms with van der Waals surface area (Å²) in [6.45, 7) is 1.24. The maximum Gasteiger partial charge on any atom is 0.326 e. The van der Waals surface area contributed by atoms with Crippen molar-refractivity contribution >= 4 is 28.8 Å². The van der Waals surface area contributed by atoms with E-state index in [0.29, 0.717) is 22.3 Å². The van der Waals surface area contributed by atoms with Gasteiger partial charge in [0.1, 0.15) is 17.9 Å². The Bertz CT molecular complexity index is 1120. The third-order valence-corrected chi connectivity index (χ3v) is 4.55. The van der Waals surface area contributed by atoms with Crippen LogP contribution in [0.25, 0.3) is 11.0 Å². The van der Waals surface area contributed by atoms with Crippen molar-refractivity contribution in [1.29, 1.82) is 0 Å². The van der Waals surface area contributed by atoms with Crippen molar-refractivity contribution in [2.24, 2.45) is 0 Å². The molecule has 0 bridgehead atoms. The van der Waals surface area contributed by atoms with E-state index >= 15 is 0 Å². The van der Waals surface area contributed by atoms with Gasteiger partial charge in [-0.2, -0.15) is 0 Å². The molecule has 0 saturated carbocycles. The molecule has 2 atom stereocenters. The van der Waals surface area contributed by atoms with E-state index in [4.69, 9.17) is 0 Å². The van der Waals surface area contributed by atoms with E-state index in [1.807, 2.05) is 6.07 Å². The number of carboxylic acids is 1. The standard InChI is InChI=1S/C22H21FN4O4/c1-13(28)25-19(10-14-5-4-6-15(23)9-14)21(29)27-20(22(30)31)11-16-12-24-17-7-2-3-8-18(17)26-16/h2-9,12,19-20H,10-11H2,1H3,(H,25,28)(H,27,29)(H,30,31)/t19-,20-/m0/s1. The van der Waals surface area contributed by atoms with Crippen LogP contribution in [0.15, 0.2) is 54.7 Å². The molecule has 1 aromatic heterocycles. The van der Waals surface area contributed by atoms with Crippen molar-refractivity contribution in [3.63, 3.8) is 0 Å². The van der Waals surface area contributed by atoms with Crippen LogP contribution in [0.1, 0.15) is 18.2 Å². The minimum absolute atomic E-state index is 0.00525. The van der Waals surface area contributed by atoms with E-state index in [2.05, 4.69) is 20.6 Å². The second kappa shape index (κ2) is 9.75. The molecule has 0 fully saturated rings. The van der Waals surface area contributed by atoms with Crippen LogP contribution in [-0.2, 0) is 27.2 Å². The largest absolute Gasteiger partial charge is 0.480 e. The first-order chi connectivity index (χ1) is 14.8. The normalized spacial score (nSPS) is 12.7. The third kappa shape index (κ3) is 6.05. The van der Waals surface area contributed by atoms with Gasteiger partial charge < -0.3 is 15.7 Å². The fourth-order valence-electron chi connectivity index (χ4n) is 3.13. The molecule has 8 nitrogen and oxygen atoms in total. The first kappa shape index (κ1) is 21.8. The summed E-state index contributed by atoms with van der Waals surface area (Å²) < 4.78 is 13.5. The zero-order valence-electron chi connectivity index (χ0n) is 16.7. The summed E-state index contributed by atoms with van der Waals surface area (Å²) >= 11 is 0. The number of para-hydroxylation sites is 2. The molecule has 3 aromatic rings. The van der Waals surface area contributed by atoms with Crippen molar-refractivity contribution in [1.82, 2.24) is 20.6 Å². The summed E-state index contributed by atoms with van der Waals surface area (Å²) in [7, 11) is 0. The molecule has 0 radical (unpaired) electrons. The van der Waals surface area contributed by atoms with Gasteiger partial charge in [0.15, 0.2) is 0 Å². The smallest absolute Gasteiger partial charge is 0.326 e. The first-order valence-electron chi connectivity index (χ1n) is 9.57. The molecule has 3 N–H and O–H groups in total. The first-order valence-corrected chi connectivity index (χ1v) is 9.57. The van der Waals surface area contributed by atoms with Gasteiger partial charge in [0.2, 0.25) is 11.8 Å². The second-order valence-corrected chi connectivity index (χ2v) is 7.04. The highest BCUT2D eigenvalue weighted by Gasteiger charge is 2.27. The number of fused-ring (bicyclic) bond motifs is 1. The van der Waals surface area contributed by atoms with Gasteiger partial charge >= 0.3 is 5.97 Å². The summed E-state index contributed by atoms with van der Waals surface area (Å²) in [6, 6.07) is 10.4. The van der Waals surface area contributed by atoms with Gasteiger partial charge in [0, 0.05) is 26.0 Å². The predicted octanol–water partition coefficient (Wildman–Crippen LogP) is 1.63. The number of benzene rings is 2. The summed E-state index contributed by atoms with van der Waals surface area (Å²) in [5, 5.41) is 14.5. The molecular formula is C22H21FN4O4. The van der Waals surface area contributed by atoms with Gasteiger partial charge in [-0.05, 0) is 29.8 Å². The minimum Gasteiger partial charge on any atom is -0.480 e. The maximum atomic E-state index is 13.5. The number of halogens is 1. The molecule has 0 spiro atoms. The van der Waals surface area contributed by atoms with Crippen LogP contribution in [-0.4, -0.2) is 44.9 Å². The van der Waals surface area contributed by atoms with Crippen LogP contribution in [0.4, 0.5) is 4.39 Å². The average Bonchev–Trinajstić information content (AvgIpc) is 2.72. The molecule has 2 aromatic carbocycles. The molecule has 0 aliphatic heterocycles. The molecule has 160 valence electrons. The van der Waals surface area contributed by atoms with E-state index in [9.17, 15) is 23.9 Å². The highest BCUT2D eigenvalue weighted by Crippen LogP contribution is 2.11. The molecule has 3 rings (SSSR count). The monoisotopic (exact) mass is 424 g/mol. The third-order valence-electron chi connectivity index (χ3n) is 4.55. The van der Waals surface area contributed by atoms with Gasteiger partial charge in [-0.3, -0.25) is 14.6 Å². The Balaban J connectivity index is 1.75. The van der Waals surface area contributed by atoms with Crippen LogP contribution in [0.3, 0.4) is 0 Å². The number of nitrogens with one attached hydrogen (secondary N) is 2. The number of aromatic nitrogens is 2. The number of nitrogens with zero attached hydrogens (tertiary/aromatic N) is 2. The lowest BCUT2D eigenvalue weighted by molar-refractivity contribution is -0.142. The molecule has 0 unspecified atom stereocenters. The number of rotatable bonds is 8. The van der Waals surface area contributed by atoms with E-state index < -0.39 is 35.7 Å². The van der Waals surface area contributed by atoms with Crippen molar-refractivity contribution in [2.45, 2.75) is 31.8 Å². The molecule has 0 aliphatic carbocycles. The van der Waals surface area contributed by atoms with Crippen molar-refractivity contribution in [2.75, 3.05) is 0 Å². The van der Waals surface area contributed by atoms with Gasteiger partial charge in [-0.25, -0.2) is 14.2 Å². The average molecular weight is 424 g/mol. The van der Waals surface area contributed by atoms with Gasteiger partial charge in [0.05, 0.1) is 16.7 Å². The van der Waals surface area contributed by atoms with Crippen molar-refractivity contribution in [3.05, 3.63) is 71.8 Å². The van der Waals surface area contributed by atoms with Crippen molar-refractivity contribution in [3.8, 4) is 0 Å². The number of amides is 2. The molecule has 31 heavy (non-hydrogen) atoms. The topological polar surface area (TPSA) is 121 Å². The van der Waals surface area contributed by atoms with E-state index in [1.165, 1.54) is 31.3 Å². The van der Waals surface area contributed by atoms with Gasteiger partial charge in [-0.15, -0.1) is 0 Å². The number of aliphatic carboxylic acids is 1. The number of carbonyl (C=O) groups excluding carboxylic acids is 2. The Labute approximate surface area is 177 Å². The molecular weight excluding hydrogens is 403 g/mol. The molecule has 9 heteroatoms. The summed E-state index contributed by atoms with van der Waals surface area (Å²) in [5.74, 6) is -2.89. The van der Waals surface area contributed by atoms with Gasteiger partial charge in [0.25, 0.3) is 0 Å². The van der Waals surface area contributed by atoms with Crippen LogP contribution in [0.2, 0.25) is 0 Å². The molecule has 1 heterocycles. The highest BCUT2D eigenvalue weighted by atomic mass is 19.1. The van der Waals surface area contributed by atoms with Crippen LogP contribution in [0.5, 0.6) is 0 Å². The lowest BCUT2D eigenvalue weighted by Crippen LogP contribution is -2.52. The van der Waals surface area contributed by atoms with Crippen LogP contribution >= 0.6 is 0 Å². The molecule has 0 saturated heterocycles. The summed E-state index contributed by atoms with van der Waals surface area (Å²) in [5.41, 5.74) is 2.16. The highest BCUT2D eigenvalue weighted by molar-refractivity contribution is 5.90. The summed E-state index contributed by atoms with van der Waals surface area (Å²) in [6.07, 6.45) is 1.37. The Hall–Kier alpha value is -3.88. The minimum atomic E-state index is -1.29. The zero-order chi connectivity index (χ0) is 22.4. The lowest BCUT2D eigenvalue weighted by atomic mass is 10.0. The van der Waals surface area contributed by atoms with Crippen LogP contribution < -0.4 is 10.6 Å². The van der Waals surface area contributed by atoms with E-state index in [1.54, 1.807) is 24.3 Å². The SMILES string of the molecule is CC(=O)N[C@@H](Cc1cccc(F)c1)C(=O)N[C@@H](Cc1cnc2ccccc2n1)C(=O)O. The zero-order valence-corrected chi connectivity index (χ0v) is 16.7. The fraction of sp³-hybridized carbons (Fsp3) is 0.227. The Kier molecular flexibility index (Phi) is 6.86.